The molecule has 3 N–H and O–H groups in total. The third-order valence-electron chi connectivity index (χ3n) is 5.93. The summed E-state index contributed by atoms with van der Waals surface area (Å²) in [6.07, 6.45) is -4.77. The fraction of sp³-hybridized carbons (Fsp3) is 0.667. The number of carbonyl (C=O) groups excluding carboxylic acids is 1. The predicted molar refractivity (Wildman–Crippen MR) is 127 cm³/mol. The second-order valence-electron chi connectivity index (χ2n) is 9.39. The van der Waals surface area contributed by atoms with Crippen LogP contribution in [-0.4, -0.2) is 65.5 Å². The number of rotatable bonds is 7. The minimum Gasteiger partial charge on any atom is -0.414 e. The van der Waals surface area contributed by atoms with Crippen LogP contribution < -0.4 is 5.32 Å². The molecule has 0 aromatic heterocycles. The molecule has 182 valence electrons. The van der Waals surface area contributed by atoms with Crippen molar-refractivity contribution in [2.24, 2.45) is 0 Å². The molecule has 2 rings (SSSR count). The van der Waals surface area contributed by atoms with E-state index in [-0.39, 0.29) is 18.3 Å². The monoisotopic (exact) mass is 527 g/mol. The van der Waals surface area contributed by atoms with E-state index in [4.69, 9.17) is 48.7 Å². The molecule has 0 aliphatic carbocycles. The molecule has 1 aromatic rings. The Morgan fingerprint density at radius 3 is 2.25 bits per heavy atom. The number of halogens is 3. The van der Waals surface area contributed by atoms with E-state index in [0.29, 0.717) is 0 Å². The van der Waals surface area contributed by atoms with Gasteiger partial charge in [-0.2, -0.15) is 0 Å². The van der Waals surface area contributed by atoms with Crippen LogP contribution in [0.2, 0.25) is 18.1 Å². The van der Waals surface area contributed by atoms with Crippen molar-refractivity contribution < 1.29 is 28.9 Å². The summed E-state index contributed by atoms with van der Waals surface area (Å²) in [6, 6.07) is 8.15. The molecule has 0 spiro atoms. The van der Waals surface area contributed by atoms with E-state index >= 15 is 0 Å². The van der Waals surface area contributed by atoms with Gasteiger partial charge in [0.1, 0.15) is 24.4 Å². The van der Waals surface area contributed by atoms with Crippen LogP contribution in [0.4, 0.5) is 0 Å². The van der Waals surface area contributed by atoms with Crippen LogP contribution in [0.15, 0.2) is 30.3 Å². The first-order valence-electron chi connectivity index (χ1n) is 10.3. The molecular formula is C21H32Cl3NO6Si. The van der Waals surface area contributed by atoms with Crippen LogP contribution in [0.1, 0.15) is 26.3 Å². The van der Waals surface area contributed by atoms with Crippen molar-refractivity contribution in [1.82, 2.24) is 5.32 Å². The van der Waals surface area contributed by atoms with Gasteiger partial charge < -0.3 is 29.4 Å². The molecule has 0 saturated carbocycles. The molecule has 1 aliphatic rings. The van der Waals surface area contributed by atoms with Crippen LogP contribution in [0.3, 0.4) is 0 Å². The Morgan fingerprint density at radius 2 is 1.72 bits per heavy atom. The average Bonchev–Trinajstić information content (AvgIpc) is 2.69. The van der Waals surface area contributed by atoms with Gasteiger partial charge in [-0.15, -0.1) is 0 Å². The summed E-state index contributed by atoms with van der Waals surface area (Å²) in [5.74, 6) is -0.966. The Bertz CT molecular complexity index is 756. The standard InChI is InChI=1S/C21H32Cl3NO6Si/c1-20(2,3)32(4,5)30-12-14-16(26)17(27)15(25-19(28)21(22,23)24)18(31-14)29-11-13-9-7-6-8-10-13/h6-10,14-18,26-27H,11-12H2,1-5H3,(H,25,28)/t14-,15+,16+,17-,18+/m1/s1. The van der Waals surface area contributed by atoms with Gasteiger partial charge >= 0.3 is 0 Å². The average molecular weight is 529 g/mol. The minimum atomic E-state index is -2.25. The smallest absolute Gasteiger partial charge is 0.272 e. The Balaban J connectivity index is 2.18. The molecule has 0 unspecified atom stereocenters. The lowest BCUT2D eigenvalue weighted by molar-refractivity contribution is -0.272. The van der Waals surface area contributed by atoms with E-state index in [0.717, 1.165) is 5.56 Å². The van der Waals surface area contributed by atoms with Gasteiger partial charge in [0, 0.05) is 0 Å². The van der Waals surface area contributed by atoms with Crippen molar-refractivity contribution in [3.05, 3.63) is 35.9 Å². The SMILES string of the molecule is CC(C)(C)[Si](C)(C)OC[C@H]1O[C@H](OCc2ccccc2)[C@@H](NC(=O)C(Cl)(Cl)Cl)[C@@H](O)[C@H]1O. The lowest BCUT2D eigenvalue weighted by Crippen LogP contribution is -2.66. The molecule has 11 heteroatoms. The number of benzene rings is 1. The summed E-state index contributed by atoms with van der Waals surface area (Å²) < 4.78 is 15.7. The molecule has 1 amide bonds. The lowest BCUT2D eigenvalue weighted by atomic mass is 9.97. The van der Waals surface area contributed by atoms with Gasteiger partial charge in [-0.05, 0) is 23.7 Å². The topological polar surface area (TPSA) is 97.2 Å². The summed E-state index contributed by atoms with van der Waals surface area (Å²) in [7, 11) is -2.14. The number of hydrogen-bond donors (Lipinski definition) is 3. The van der Waals surface area contributed by atoms with E-state index < -0.39 is 48.7 Å². The van der Waals surface area contributed by atoms with Gasteiger partial charge in [-0.25, -0.2) is 0 Å². The summed E-state index contributed by atoms with van der Waals surface area (Å²) in [4.78, 5) is 12.2. The summed E-state index contributed by atoms with van der Waals surface area (Å²) >= 11 is 17.0. The highest BCUT2D eigenvalue weighted by atomic mass is 35.6. The second-order valence-corrected chi connectivity index (χ2v) is 16.5. The van der Waals surface area contributed by atoms with E-state index in [1.54, 1.807) is 0 Å². The molecule has 1 aromatic carbocycles. The van der Waals surface area contributed by atoms with E-state index in [1.807, 2.05) is 30.3 Å². The Labute approximate surface area is 205 Å². The summed E-state index contributed by atoms with van der Waals surface area (Å²) in [5.41, 5.74) is 0.859. The first-order valence-corrected chi connectivity index (χ1v) is 14.4. The number of nitrogens with one attached hydrogen (secondary N) is 1. The van der Waals surface area contributed by atoms with Crippen molar-refractivity contribution in [2.45, 2.75) is 79.9 Å². The van der Waals surface area contributed by atoms with Gasteiger partial charge in [-0.1, -0.05) is 85.9 Å². The summed E-state index contributed by atoms with van der Waals surface area (Å²) in [5, 5.41) is 23.8. The molecule has 1 aliphatic heterocycles. The van der Waals surface area contributed by atoms with Gasteiger partial charge in [0.05, 0.1) is 13.2 Å². The highest BCUT2D eigenvalue weighted by molar-refractivity contribution is 6.76. The normalized spacial score (nSPS) is 27.2. The molecular weight excluding hydrogens is 497 g/mol. The number of amides is 1. The van der Waals surface area contributed by atoms with Gasteiger partial charge in [0.15, 0.2) is 14.6 Å². The Hall–Kier alpha value is -0.423. The number of hydrogen-bond acceptors (Lipinski definition) is 6. The van der Waals surface area contributed by atoms with Crippen LogP contribution in [0.5, 0.6) is 0 Å². The molecule has 0 bridgehead atoms. The van der Waals surface area contributed by atoms with Crippen LogP contribution >= 0.6 is 34.8 Å². The van der Waals surface area contributed by atoms with Crippen molar-refractivity contribution in [1.29, 1.82) is 0 Å². The van der Waals surface area contributed by atoms with E-state index in [1.165, 1.54) is 0 Å². The predicted octanol–water partition coefficient (Wildman–Crippen LogP) is 3.53. The molecule has 32 heavy (non-hydrogen) atoms. The minimum absolute atomic E-state index is 0.0463. The quantitative estimate of drug-likeness (QED) is 0.370. The number of carbonyl (C=O) groups is 1. The largest absolute Gasteiger partial charge is 0.414 e. The number of ether oxygens (including phenoxy) is 2. The maximum Gasteiger partial charge on any atom is 0.272 e. The zero-order valence-electron chi connectivity index (χ0n) is 18.8. The third kappa shape index (κ3) is 7.29. The third-order valence-corrected chi connectivity index (χ3v) is 10.9. The molecule has 5 atom stereocenters. The van der Waals surface area contributed by atoms with Crippen molar-refractivity contribution in [3.8, 4) is 0 Å². The highest BCUT2D eigenvalue weighted by Crippen LogP contribution is 2.37. The van der Waals surface area contributed by atoms with Gasteiger partial charge in [0.2, 0.25) is 0 Å². The number of aliphatic hydroxyl groups is 2. The van der Waals surface area contributed by atoms with Gasteiger partial charge in [0.25, 0.3) is 9.70 Å². The molecule has 0 radical (unpaired) electrons. The first kappa shape index (κ1) is 27.8. The lowest BCUT2D eigenvalue weighted by Gasteiger charge is -2.44. The van der Waals surface area contributed by atoms with Crippen LogP contribution in [-0.2, 0) is 25.3 Å². The highest BCUT2D eigenvalue weighted by Gasteiger charge is 2.48. The van der Waals surface area contributed by atoms with E-state index in [2.05, 4.69) is 39.2 Å². The van der Waals surface area contributed by atoms with Crippen LogP contribution in [0.25, 0.3) is 0 Å². The Kier molecular flexibility index (Phi) is 9.46. The summed E-state index contributed by atoms with van der Waals surface area (Å²) in [6.45, 7) is 10.6. The molecule has 7 nitrogen and oxygen atoms in total. The van der Waals surface area contributed by atoms with Crippen molar-refractivity contribution in [2.75, 3.05) is 6.61 Å². The molecule has 1 saturated heterocycles. The van der Waals surface area contributed by atoms with E-state index in [9.17, 15) is 15.0 Å². The fourth-order valence-electron chi connectivity index (χ4n) is 2.86. The first-order chi connectivity index (χ1) is 14.6. The molecule has 1 fully saturated rings. The van der Waals surface area contributed by atoms with Crippen LogP contribution in [0, 0.1) is 0 Å². The fourth-order valence-corrected chi connectivity index (χ4v) is 4.04. The zero-order valence-corrected chi connectivity index (χ0v) is 22.1. The van der Waals surface area contributed by atoms with Crippen molar-refractivity contribution in [3.63, 3.8) is 0 Å². The Morgan fingerprint density at radius 1 is 1.12 bits per heavy atom. The maximum atomic E-state index is 12.2. The van der Waals surface area contributed by atoms with Gasteiger partial charge in [-0.3, -0.25) is 4.79 Å². The second kappa shape index (κ2) is 10.9. The number of aliphatic hydroxyl groups excluding tert-OH is 2. The zero-order chi connectivity index (χ0) is 24.3. The van der Waals surface area contributed by atoms with Crippen molar-refractivity contribution >= 4 is 49.0 Å². The number of alkyl halides is 3. The molecule has 1 heterocycles. The maximum absolute atomic E-state index is 12.2.